The molecule has 104 valence electrons. The van der Waals surface area contributed by atoms with Gasteiger partial charge in [0.1, 0.15) is 5.75 Å². The van der Waals surface area contributed by atoms with E-state index in [1.807, 2.05) is 13.0 Å². The first kappa shape index (κ1) is 14.8. The largest absolute Gasteiger partial charge is 0.495 e. The number of rotatable bonds is 5. The van der Waals surface area contributed by atoms with Gasteiger partial charge < -0.3 is 20.1 Å². The number of aryl methyl sites for hydroxylation is 1. The van der Waals surface area contributed by atoms with E-state index in [4.69, 9.17) is 9.84 Å². The molecule has 2 amide bonds. The summed E-state index contributed by atoms with van der Waals surface area (Å²) in [5.41, 5.74) is 1.55. The lowest BCUT2D eigenvalue weighted by atomic mass is 10.2. The van der Waals surface area contributed by atoms with E-state index in [0.717, 1.165) is 5.56 Å². The fourth-order valence-corrected chi connectivity index (χ4v) is 1.50. The molecule has 6 nitrogen and oxygen atoms in total. The van der Waals surface area contributed by atoms with Gasteiger partial charge in [0.25, 0.3) is 0 Å². The van der Waals surface area contributed by atoms with E-state index < -0.39 is 5.97 Å². The number of carboxylic acids is 1. The Morgan fingerprint density at radius 1 is 1.42 bits per heavy atom. The van der Waals surface area contributed by atoms with E-state index in [1.54, 1.807) is 19.2 Å². The Balaban J connectivity index is 2.70. The number of urea groups is 1. The van der Waals surface area contributed by atoms with Crippen LogP contribution in [0.5, 0.6) is 5.75 Å². The van der Waals surface area contributed by atoms with Crippen LogP contribution in [0, 0.1) is 6.92 Å². The molecule has 2 N–H and O–H groups in total. The number of hydrogen-bond donors (Lipinski definition) is 2. The van der Waals surface area contributed by atoms with Crippen LogP contribution in [-0.2, 0) is 4.79 Å². The van der Waals surface area contributed by atoms with Crippen molar-refractivity contribution < 1.29 is 19.4 Å². The van der Waals surface area contributed by atoms with Crippen LogP contribution in [0.1, 0.15) is 12.0 Å². The second-order valence-electron chi connectivity index (χ2n) is 4.20. The van der Waals surface area contributed by atoms with Crippen molar-refractivity contribution in [3.8, 4) is 5.75 Å². The van der Waals surface area contributed by atoms with Crippen LogP contribution in [0.2, 0.25) is 0 Å². The Labute approximate surface area is 112 Å². The number of benzene rings is 1. The number of methoxy groups -OCH3 is 1. The highest BCUT2D eigenvalue weighted by atomic mass is 16.5. The van der Waals surface area contributed by atoms with Gasteiger partial charge in [-0.05, 0) is 24.6 Å². The fraction of sp³-hybridized carbons (Fsp3) is 0.385. The lowest BCUT2D eigenvalue weighted by Gasteiger charge is -2.18. The van der Waals surface area contributed by atoms with E-state index in [-0.39, 0.29) is 19.0 Å². The van der Waals surface area contributed by atoms with Gasteiger partial charge in [0.05, 0.1) is 19.2 Å². The summed E-state index contributed by atoms with van der Waals surface area (Å²) in [6.45, 7) is 2.05. The van der Waals surface area contributed by atoms with Gasteiger partial charge in [0, 0.05) is 13.6 Å². The molecule has 0 bridgehead atoms. The number of carboxylic acid groups (broad SMARTS) is 1. The molecule has 0 radical (unpaired) electrons. The van der Waals surface area contributed by atoms with E-state index >= 15 is 0 Å². The number of nitrogens with one attached hydrogen (secondary N) is 1. The van der Waals surface area contributed by atoms with Crippen LogP contribution in [-0.4, -0.2) is 42.7 Å². The lowest BCUT2D eigenvalue weighted by Crippen LogP contribution is -2.33. The molecule has 0 aromatic heterocycles. The Kier molecular flexibility index (Phi) is 5.17. The smallest absolute Gasteiger partial charge is 0.321 e. The number of carbonyl (C=O) groups is 2. The standard InChI is InChI=1S/C13H18N2O4/c1-9-4-5-11(19-3)10(8-9)14-13(18)15(2)7-6-12(16)17/h4-5,8H,6-7H2,1-3H3,(H,14,18)(H,16,17). The number of anilines is 1. The average molecular weight is 266 g/mol. The zero-order chi connectivity index (χ0) is 14.4. The second-order valence-corrected chi connectivity index (χ2v) is 4.20. The number of ether oxygens (including phenoxy) is 1. The average Bonchev–Trinajstić information content (AvgIpc) is 2.36. The highest BCUT2D eigenvalue weighted by molar-refractivity contribution is 5.91. The summed E-state index contributed by atoms with van der Waals surface area (Å²) in [5.74, 6) is -0.377. The van der Waals surface area contributed by atoms with E-state index in [9.17, 15) is 9.59 Å². The number of hydrogen-bond acceptors (Lipinski definition) is 3. The lowest BCUT2D eigenvalue weighted by molar-refractivity contribution is -0.137. The van der Waals surface area contributed by atoms with E-state index in [0.29, 0.717) is 11.4 Å². The van der Waals surface area contributed by atoms with Crippen molar-refractivity contribution in [1.29, 1.82) is 0 Å². The Morgan fingerprint density at radius 3 is 2.68 bits per heavy atom. The number of carbonyl (C=O) groups excluding carboxylic acids is 1. The third-order valence-corrected chi connectivity index (χ3v) is 2.60. The van der Waals surface area contributed by atoms with Crippen LogP contribution in [0.4, 0.5) is 10.5 Å². The molecule has 19 heavy (non-hydrogen) atoms. The highest BCUT2D eigenvalue weighted by Gasteiger charge is 2.12. The van der Waals surface area contributed by atoms with Gasteiger partial charge in [0.2, 0.25) is 0 Å². The van der Waals surface area contributed by atoms with Crippen molar-refractivity contribution >= 4 is 17.7 Å². The van der Waals surface area contributed by atoms with Crippen molar-refractivity contribution in [2.75, 3.05) is 26.0 Å². The monoisotopic (exact) mass is 266 g/mol. The predicted octanol–water partition coefficient (Wildman–Crippen LogP) is 1.94. The summed E-state index contributed by atoms with van der Waals surface area (Å²) >= 11 is 0. The topological polar surface area (TPSA) is 78.9 Å². The quantitative estimate of drug-likeness (QED) is 0.853. The molecule has 0 atom stereocenters. The minimum absolute atomic E-state index is 0.0884. The molecule has 1 aromatic carbocycles. The first-order chi connectivity index (χ1) is 8.93. The zero-order valence-electron chi connectivity index (χ0n) is 11.3. The normalized spacial score (nSPS) is 9.84. The zero-order valence-corrected chi connectivity index (χ0v) is 11.3. The first-order valence-corrected chi connectivity index (χ1v) is 5.82. The molecule has 0 fully saturated rings. The van der Waals surface area contributed by atoms with Gasteiger partial charge in [-0.3, -0.25) is 4.79 Å². The van der Waals surface area contributed by atoms with Crippen molar-refractivity contribution in [2.45, 2.75) is 13.3 Å². The van der Waals surface area contributed by atoms with Crippen molar-refractivity contribution in [3.63, 3.8) is 0 Å². The predicted molar refractivity (Wildman–Crippen MR) is 71.6 cm³/mol. The molecule has 6 heteroatoms. The SMILES string of the molecule is COc1ccc(C)cc1NC(=O)N(C)CCC(=O)O. The first-order valence-electron chi connectivity index (χ1n) is 5.82. The van der Waals surface area contributed by atoms with Gasteiger partial charge >= 0.3 is 12.0 Å². The number of aliphatic carboxylic acids is 1. The Morgan fingerprint density at radius 2 is 2.11 bits per heavy atom. The molecule has 0 saturated carbocycles. The summed E-state index contributed by atoms with van der Waals surface area (Å²) < 4.78 is 5.15. The second kappa shape index (κ2) is 6.63. The molecular weight excluding hydrogens is 248 g/mol. The maximum absolute atomic E-state index is 11.9. The van der Waals surface area contributed by atoms with Crippen LogP contribution in [0.15, 0.2) is 18.2 Å². The van der Waals surface area contributed by atoms with E-state index in [1.165, 1.54) is 12.0 Å². The highest BCUT2D eigenvalue weighted by Crippen LogP contribution is 2.25. The van der Waals surface area contributed by atoms with Crippen LogP contribution in [0.25, 0.3) is 0 Å². The molecular formula is C13H18N2O4. The van der Waals surface area contributed by atoms with Gasteiger partial charge in [-0.1, -0.05) is 6.07 Å². The van der Waals surface area contributed by atoms with Gasteiger partial charge in [-0.2, -0.15) is 0 Å². The third-order valence-electron chi connectivity index (χ3n) is 2.60. The minimum Gasteiger partial charge on any atom is -0.495 e. The summed E-state index contributed by atoms with van der Waals surface area (Å²) in [4.78, 5) is 23.6. The minimum atomic E-state index is -0.937. The molecule has 1 aromatic rings. The van der Waals surface area contributed by atoms with Crippen LogP contribution >= 0.6 is 0 Å². The van der Waals surface area contributed by atoms with Crippen molar-refractivity contribution in [1.82, 2.24) is 4.90 Å². The van der Waals surface area contributed by atoms with Gasteiger partial charge in [-0.25, -0.2) is 4.79 Å². The Hall–Kier alpha value is -2.24. The summed E-state index contributed by atoms with van der Waals surface area (Å²) in [6.07, 6.45) is -0.0884. The summed E-state index contributed by atoms with van der Waals surface area (Å²) in [5, 5.41) is 11.3. The maximum atomic E-state index is 11.9. The Bertz CT molecular complexity index is 474. The van der Waals surface area contributed by atoms with Gasteiger partial charge in [-0.15, -0.1) is 0 Å². The molecule has 0 saturated heterocycles. The number of amides is 2. The molecule has 0 aliphatic rings. The van der Waals surface area contributed by atoms with Crippen molar-refractivity contribution in [2.24, 2.45) is 0 Å². The molecule has 0 aliphatic carbocycles. The molecule has 0 spiro atoms. The van der Waals surface area contributed by atoms with Crippen LogP contribution < -0.4 is 10.1 Å². The van der Waals surface area contributed by atoms with Crippen molar-refractivity contribution in [3.05, 3.63) is 23.8 Å². The van der Waals surface area contributed by atoms with Gasteiger partial charge in [0.15, 0.2) is 0 Å². The third kappa shape index (κ3) is 4.50. The molecule has 1 rings (SSSR count). The maximum Gasteiger partial charge on any atom is 0.321 e. The fourth-order valence-electron chi connectivity index (χ4n) is 1.50. The molecule has 0 heterocycles. The van der Waals surface area contributed by atoms with Crippen LogP contribution in [0.3, 0.4) is 0 Å². The molecule has 0 aliphatic heterocycles. The number of nitrogens with zero attached hydrogens (tertiary/aromatic N) is 1. The molecule has 0 unspecified atom stereocenters. The summed E-state index contributed by atoms with van der Waals surface area (Å²) in [7, 11) is 3.06. The van der Waals surface area contributed by atoms with E-state index in [2.05, 4.69) is 5.32 Å². The summed E-state index contributed by atoms with van der Waals surface area (Å²) in [6, 6.07) is 5.07.